The van der Waals surface area contributed by atoms with Crippen molar-refractivity contribution in [3.8, 4) is 0 Å². The largest absolute Gasteiger partial charge is 0.385 e. The van der Waals surface area contributed by atoms with Crippen molar-refractivity contribution in [3.63, 3.8) is 0 Å². The number of aromatic nitrogens is 1. The van der Waals surface area contributed by atoms with E-state index in [2.05, 4.69) is 20.9 Å². The average molecular weight is 341 g/mol. The van der Waals surface area contributed by atoms with Crippen LogP contribution in [0, 0.1) is 0 Å². The zero-order valence-electron chi connectivity index (χ0n) is 10.4. The van der Waals surface area contributed by atoms with Crippen LogP contribution in [-0.2, 0) is 12.0 Å². The van der Waals surface area contributed by atoms with Crippen molar-refractivity contribution in [2.45, 2.75) is 18.4 Å². The number of hydrogen-bond donors (Lipinski definition) is 1. The van der Waals surface area contributed by atoms with Crippen LogP contribution in [-0.4, -0.2) is 16.0 Å². The summed E-state index contributed by atoms with van der Waals surface area (Å²) in [5.74, 6) is 0.410. The predicted octanol–water partition coefficient (Wildman–Crippen LogP) is 3.90. The second-order valence-electron chi connectivity index (χ2n) is 4.52. The maximum absolute atomic E-state index is 10.9. The van der Waals surface area contributed by atoms with Crippen molar-refractivity contribution in [2.24, 2.45) is 0 Å². The molecule has 1 aromatic heterocycles. The van der Waals surface area contributed by atoms with Gasteiger partial charge >= 0.3 is 0 Å². The van der Waals surface area contributed by atoms with E-state index in [0.717, 1.165) is 15.6 Å². The van der Waals surface area contributed by atoms with Crippen molar-refractivity contribution in [3.05, 3.63) is 64.4 Å². The Labute approximate surface area is 126 Å². The van der Waals surface area contributed by atoms with Crippen LogP contribution in [0.2, 0.25) is 0 Å². The van der Waals surface area contributed by atoms with E-state index in [1.165, 1.54) is 0 Å². The highest BCUT2D eigenvalue weighted by atomic mass is 79.9. The van der Waals surface area contributed by atoms with Crippen molar-refractivity contribution in [1.29, 1.82) is 0 Å². The molecule has 1 heterocycles. The van der Waals surface area contributed by atoms with E-state index in [1.54, 1.807) is 12.4 Å². The smallest absolute Gasteiger partial charge is 0.0948 e. The van der Waals surface area contributed by atoms with E-state index in [9.17, 15) is 5.11 Å². The fourth-order valence-electron chi connectivity index (χ4n) is 2.13. The fraction of sp³-hybridized carbons (Fsp3) is 0.267. The minimum atomic E-state index is -0.953. The van der Waals surface area contributed by atoms with Crippen LogP contribution in [0.4, 0.5) is 0 Å². The molecule has 2 nitrogen and oxygen atoms in total. The molecule has 0 fully saturated rings. The molecule has 0 amide bonds. The highest BCUT2D eigenvalue weighted by Gasteiger charge is 2.28. The summed E-state index contributed by atoms with van der Waals surface area (Å²) < 4.78 is 0.909. The lowest BCUT2D eigenvalue weighted by atomic mass is 9.85. The van der Waals surface area contributed by atoms with Crippen LogP contribution in [0.25, 0.3) is 0 Å². The third kappa shape index (κ3) is 3.78. The Bertz CT molecular complexity index is 535. The quantitative estimate of drug-likeness (QED) is 0.837. The van der Waals surface area contributed by atoms with Gasteiger partial charge in [0.2, 0.25) is 0 Å². The number of nitrogens with zero attached hydrogens (tertiary/aromatic N) is 1. The summed E-state index contributed by atoms with van der Waals surface area (Å²) in [6.07, 6.45) is 4.50. The molecule has 0 spiro atoms. The zero-order chi connectivity index (χ0) is 13.7. The molecule has 1 aromatic carbocycles. The van der Waals surface area contributed by atoms with E-state index < -0.39 is 5.60 Å². The SMILES string of the molecule is OC(CCCl)(Cc1cncc(Br)c1)c1ccccc1. The lowest BCUT2D eigenvalue weighted by molar-refractivity contribution is 0.0335. The van der Waals surface area contributed by atoms with Crippen LogP contribution >= 0.6 is 27.5 Å². The number of pyridine rings is 1. The van der Waals surface area contributed by atoms with Crippen LogP contribution in [0.1, 0.15) is 17.5 Å². The van der Waals surface area contributed by atoms with Gasteiger partial charge in [0.25, 0.3) is 0 Å². The minimum Gasteiger partial charge on any atom is -0.385 e. The summed E-state index contributed by atoms with van der Waals surface area (Å²) in [5, 5.41) is 10.9. The third-order valence-corrected chi connectivity index (χ3v) is 3.70. The summed E-state index contributed by atoms with van der Waals surface area (Å²) in [7, 11) is 0. The predicted molar refractivity (Wildman–Crippen MR) is 81.3 cm³/mol. The van der Waals surface area contributed by atoms with E-state index in [0.29, 0.717) is 18.7 Å². The Morgan fingerprint density at radius 1 is 1.21 bits per heavy atom. The first-order valence-corrected chi connectivity index (χ1v) is 7.40. The number of rotatable bonds is 5. The highest BCUT2D eigenvalue weighted by molar-refractivity contribution is 9.10. The zero-order valence-corrected chi connectivity index (χ0v) is 12.7. The number of benzene rings is 1. The molecular formula is C15H15BrClNO. The molecule has 0 aliphatic carbocycles. The van der Waals surface area contributed by atoms with E-state index in [1.807, 2.05) is 36.4 Å². The van der Waals surface area contributed by atoms with Crippen LogP contribution < -0.4 is 0 Å². The number of aliphatic hydroxyl groups is 1. The third-order valence-electron chi connectivity index (χ3n) is 3.08. The minimum absolute atomic E-state index is 0.410. The van der Waals surface area contributed by atoms with E-state index in [4.69, 9.17) is 11.6 Å². The molecule has 0 saturated carbocycles. The molecule has 0 saturated heterocycles. The van der Waals surface area contributed by atoms with Gasteiger partial charge in [-0.05, 0) is 39.5 Å². The summed E-state index contributed by atoms with van der Waals surface area (Å²) in [5.41, 5.74) is 0.910. The first kappa shape index (κ1) is 14.5. The van der Waals surface area contributed by atoms with E-state index >= 15 is 0 Å². The maximum Gasteiger partial charge on any atom is 0.0948 e. The molecule has 19 heavy (non-hydrogen) atoms. The standard InChI is InChI=1S/C15H15BrClNO/c16-14-8-12(10-18-11-14)9-15(19,6-7-17)13-4-2-1-3-5-13/h1-5,8,10-11,19H,6-7,9H2. The van der Waals surface area contributed by atoms with Gasteiger partial charge in [-0.1, -0.05) is 30.3 Å². The molecule has 0 radical (unpaired) electrons. The summed E-state index contributed by atoms with van der Waals surface area (Å²) in [6.45, 7) is 0. The maximum atomic E-state index is 10.9. The highest BCUT2D eigenvalue weighted by Crippen LogP contribution is 2.30. The molecule has 1 atom stereocenters. The van der Waals surface area contributed by atoms with Crippen molar-refractivity contribution in [1.82, 2.24) is 4.98 Å². The van der Waals surface area contributed by atoms with Crippen LogP contribution in [0.15, 0.2) is 53.3 Å². The first-order valence-electron chi connectivity index (χ1n) is 6.07. The molecule has 0 bridgehead atoms. The number of alkyl halides is 1. The molecule has 1 unspecified atom stereocenters. The summed E-state index contributed by atoms with van der Waals surface area (Å²) in [4.78, 5) is 4.13. The van der Waals surface area contributed by atoms with Gasteiger partial charge in [0.15, 0.2) is 0 Å². The van der Waals surface area contributed by atoms with Gasteiger partial charge < -0.3 is 5.11 Å². The van der Waals surface area contributed by atoms with Gasteiger partial charge in [-0.3, -0.25) is 4.98 Å². The van der Waals surface area contributed by atoms with Crippen molar-refractivity contribution >= 4 is 27.5 Å². The lowest BCUT2D eigenvalue weighted by Gasteiger charge is -2.28. The molecule has 2 rings (SSSR count). The molecule has 4 heteroatoms. The van der Waals surface area contributed by atoms with Crippen LogP contribution in [0.5, 0.6) is 0 Å². The molecule has 2 aromatic rings. The Hall–Kier alpha value is -0.900. The Morgan fingerprint density at radius 3 is 2.58 bits per heavy atom. The Morgan fingerprint density at radius 2 is 1.95 bits per heavy atom. The molecule has 1 N–H and O–H groups in total. The normalized spacial score (nSPS) is 14.1. The summed E-state index contributed by atoms with van der Waals surface area (Å²) in [6, 6.07) is 11.6. The second kappa shape index (κ2) is 6.51. The fourth-order valence-corrected chi connectivity index (χ4v) is 2.85. The van der Waals surface area contributed by atoms with Crippen molar-refractivity contribution < 1.29 is 5.11 Å². The molecule has 0 aliphatic rings. The van der Waals surface area contributed by atoms with E-state index in [-0.39, 0.29) is 0 Å². The topological polar surface area (TPSA) is 33.1 Å². The molecule has 0 aliphatic heterocycles. The molecule has 100 valence electrons. The number of hydrogen-bond acceptors (Lipinski definition) is 2. The summed E-state index contributed by atoms with van der Waals surface area (Å²) >= 11 is 9.24. The van der Waals surface area contributed by atoms with Gasteiger partial charge in [-0.2, -0.15) is 0 Å². The van der Waals surface area contributed by atoms with Crippen molar-refractivity contribution in [2.75, 3.05) is 5.88 Å². The van der Waals surface area contributed by atoms with Gasteiger partial charge in [0, 0.05) is 29.2 Å². The van der Waals surface area contributed by atoms with Gasteiger partial charge in [-0.15, -0.1) is 11.6 Å². The lowest BCUT2D eigenvalue weighted by Crippen LogP contribution is -2.29. The average Bonchev–Trinajstić information content (AvgIpc) is 2.40. The van der Waals surface area contributed by atoms with Gasteiger partial charge in [-0.25, -0.2) is 0 Å². The Balaban J connectivity index is 2.30. The monoisotopic (exact) mass is 339 g/mol. The second-order valence-corrected chi connectivity index (χ2v) is 5.82. The Kier molecular flexibility index (Phi) is 4.97. The molecular weight excluding hydrogens is 326 g/mol. The van der Waals surface area contributed by atoms with Gasteiger partial charge in [0.1, 0.15) is 0 Å². The van der Waals surface area contributed by atoms with Crippen LogP contribution in [0.3, 0.4) is 0 Å². The van der Waals surface area contributed by atoms with Gasteiger partial charge in [0.05, 0.1) is 5.60 Å². The number of halogens is 2. The first-order chi connectivity index (χ1) is 9.14.